The number of rotatable bonds is 3. The maximum absolute atomic E-state index is 13.5. The molecule has 1 aromatic rings. The van der Waals surface area contributed by atoms with Crippen LogP contribution in [0.2, 0.25) is 0 Å². The summed E-state index contributed by atoms with van der Waals surface area (Å²) in [7, 11) is 0. The van der Waals surface area contributed by atoms with E-state index in [1.54, 1.807) is 0 Å². The fourth-order valence-electron chi connectivity index (χ4n) is 2.88. The number of carbonyl (C=O) groups is 1. The molecule has 1 aliphatic carbocycles. The Bertz CT molecular complexity index is 466. The van der Waals surface area contributed by atoms with Gasteiger partial charge in [0.2, 0.25) is 0 Å². The molecule has 0 saturated heterocycles. The van der Waals surface area contributed by atoms with Gasteiger partial charge < -0.3 is 11.1 Å². The fourth-order valence-corrected chi connectivity index (χ4v) is 2.88. The zero-order valence-electron chi connectivity index (χ0n) is 11.2. The van der Waals surface area contributed by atoms with E-state index in [2.05, 4.69) is 17.2 Å². The Morgan fingerprint density at radius 1 is 1.68 bits per heavy atom. The molecule has 104 valence electrons. The molecule has 0 bridgehead atoms. The van der Waals surface area contributed by atoms with Crippen LogP contribution < -0.4 is 11.1 Å². The van der Waals surface area contributed by atoms with E-state index in [9.17, 15) is 9.18 Å². The summed E-state index contributed by atoms with van der Waals surface area (Å²) in [5, 5.41) is 2.94. The highest BCUT2D eigenvalue weighted by Gasteiger charge is 2.35. The number of nitrogens with two attached hydrogens (primary N) is 1. The molecule has 1 heterocycles. The predicted molar refractivity (Wildman–Crippen MR) is 71.1 cm³/mol. The van der Waals surface area contributed by atoms with Gasteiger partial charge in [-0.15, -0.1) is 0 Å². The third kappa shape index (κ3) is 3.10. The molecule has 5 heteroatoms. The van der Waals surface area contributed by atoms with E-state index in [0.29, 0.717) is 12.5 Å². The first-order valence-corrected chi connectivity index (χ1v) is 6.68. The maximum atomic E-state index is 13.5. The lowest BCUT2D eigenvalue weighted by Gasteiger charge is -2.40. The molecule has 0 radical (unpaired) electrons. The Morgan fingerprint density at radius 3 is 3.11 bits per heavy atom. The van der Waals surface area contributed by atoms with E-state index < -0.39 is 17.3 Å². The minimum Gasteiger partial charge on any atom is -0.345 e. The lowest BCUT2D eigenvalue weighted by molar-refractivity contribution is 0.0849. The van der Waals surface area contributed by atoms with E-state index in [0.717, 1.165) is 31.9 Å². The Morgan fingerprint density at radius 2 is 2.47 bits per heavy atom. The molecule has 1 amide bonds. The topological polar surface area (TPSA) is 68.0 Å². The van der Waals surface area contributed by atoms with Crippen molar-refractivity contribution in [3.63, 3.8) is 0 Å². The number of hydrogen-bond acceptors (Lipinski definition) is 3. The molecular formula is C14H20FN3O. The number of amides is 1. The molecule has 0 aliphatic heterocycles. The summed E-state index contributed by atoms with van der Waals surface area (Å²) < 4.78 is 13.5. The quantitative estimate of drug-likeness (QED) is 0.876. The standard InChI is InChI=1S/C14H20FN3O/c1-10-3-2-5-14(7-10,9-16)18-13(19)11-4-6-17-8-12(11)15/h4,6,8,10H,2-3,5,7,9,16H2,1H3,(H,18,19). The molecule has 2 rings (SSSR count). The first-order chi connectivity index (χ1) is 9.06. The Hall–Kier alpha value is -1.49. The molecule has 1 fully saturated rings. The van der Waals surface area contributed by atoms with Crippen molar-refractivity contribution in [3.8, 4) is 0 Å². The van der Waals surface area contributed by atoms with Crippen LogP contribution in [0.1, 0.15) is 43.0 Å². The number of nitrogens with one attached hydrogen (secondary N) is 1. The maximum Gasteiger partial charge on any atom is 0.254 e. The van der Waals surface area contributed by atoms with Gasteiger partial charge in [-0.05, 0) is 24.8 Å². The summed E-state index contributed by atoms with van der Waals surface area (Å²) in [6.07, 6.45) is 6.36. The molecule has 1 aromatic heterocycles. The lowest BCUT2D eigenvalue weighted by atomic mass is 9.76. The highest BCUT2D eigenvalue weighted by Crippen LogP contribution is 2.31. The Kier molecular flexibility index (Phi) is 4.14. The van der Waals surface area contributed by atoms with E-state index in [1.807, 2.05) is 0 Å². The number of halogens is 1. The average Bonchev–Trinajstić information content (AvgIpc) is 2.39. The molecule has 1 saturated carbocycles. The normalized spacial score (nSPS) is 27.0. The van der Waals surface area contributed by atoms with Crippen LogP contribution in [0.3, 0.4) is 0 Å². The van der Waals surface area contributed by atoms with Crippen molar-refractivity contribution in [1.29, 1.82) is 0 Å². The molecule has 0 spiro atoms. The van der Waals surface area contributed by atoms with Crippen molar-refractivity contribution < 1.29 is 9.18 Å². The minimum absolute atomic E-state index is 0.0288. The SMILES string of the molecule is CC1CCCC(CN)(NC(=O)c2ccncc2F)C1. The zero-order valence-corrected chi connectivity index (χ0v) is 11.2. The number of pyridine rings is 1. The highest BCUT2D eigenvalue weighted by atomic mass is 19.1. The van der Waals surface area contributed by atoms with Gasteiger partial charge in [-0.2, -0.15) is 0 Å². The lowest BCUT2D eigenvalue weighted by Crippen LogP contribution is -2.56. The van der Waals surface area contributed by atoms with Crippen molar-refractivity contribution in [2.24, 2.45) is 11.7 Å². The molecular weight excluding hydrogens is 245 g/mol. The van der Waals surface area contributed by atoms with E-state index >= 15 is 0 Å². The number of hydrogen-bond donors (Lipinski definition) is 2. The smallest absolute Gasteiger partial charge is 0.254 e. The van der Waals surface area contributed by atoms with Crippen molar-refractivity contribution in [2.75, 3.05) is 6.54 Å². The van der Waals surface area contributed by atoms with Crippen molar-refractivity contribution in [1.82, 2.24) is 10.3 Å². The summed E-state index contributed by atoms with van der Waals surface area (Å²) in [6, 6.07) is 1.39. The van der Waals surface area contributed by atoms with Gasteiger partial charge >= 0.3 is 0 Å². The Labute approximate surface area is 112 Å². The summed E-state index contributed by atoms with van der Waals surface area (Å²) in [5.41, 5.74) is 5.47. The van der Waals surface area contributed by atoms with Crippen LogP contribution in [0.25, 0.3) is 0 Å². The van der Waals surface area contributed by atoms with E-state index in [4.69, 9.17) is 5.73 Å². The third-order valence-corrected chi connectivity index (χ3v) is 3.88. The van der Waals surface area contributed by atoms with Gasteiger partial charge in [0.15, 0.2) is 5.82 Å². The number of nitrogens with zero attached hydrogens (tertiary/aromatic N) is 1. The fraction of sp³-hybridized carbons (Fsp3) is 0.571. The van der Waals surface area contributed by atoms with Crippen LogP contribution in [0.4, 0.5) is 4.39 Å². The molecule has 2 atom stereocenters. The number of aromatic nitrogens is 1. The average molecular weight is 265 g/mol. The van der Waals surface area contributed by atoms with Crippen LogP contribution in [-0.4, -0.2) is 23.0 Å². The molecule has 3 N–H and O–H groups in total. The second-order valence-electron chi connectivity index (χ2n) is 5.50. The molecule has 0 aromatic carbocycles. The van der Waals surface area contributed by atoms with E-state index in [1.165, 1.54) is 12.3 Å². The van der Waals surface area contributed by atoms with Gasteiger partial charge in [0.1, 0.15) is 0 Å². The largest absolute Gasteiger partial charge is 0.345 e. The number of carbonyl (C=O) groups excluding carboxylic acids is 1. The van der Waals surface area contributed by atoms with Gasteiger partial charge in [0, 0.05) is 12.7 Å². The minimum atomic E-state index is -0.601. The molecule has 19 heavy (non-hydrogen) atoms. The van der Waals surface area contributed by atoms with Crippen molar-refractivity contribution in [2.45, 2.75) is 38.1 Å². The third-order valence-electron chi connectivity index (χ3n) is 3.88. The van der Waals surface area contributed by atoms with Crippen LogP contribution >= 0.6 is 0 Å². The highest BCUT2D eigenvalue weighted by molar-refractivity contribution is 5.94. The first kappa shape index (κ1) is 13.9. The van der Waals surface area contributed by atoms with Gasteiger partial charge in [-0.3, -0.25) is 9.78 Å². The van der Waals surface area contributed by atoms with Crippen LogP contribution in [0.5, 0.6) is 0 Å². The van der Waals surface area contributed by atoms with Gasteiger partial charge in [0.05, 0.1) is 17.3 Å². The van der Waals surface area contributed by atoms with Crippen molar-refractivity contribution >= 4 is 5.91 Å². The van der Waals surface area contributed by atoms with Crippen molar-refractivity contribution in [3.05, 3.63) is 29.8 Å². The monoisotopic (exact) mass is 265 g/mol. The van der Waals surface area contributed by atoms with E-state index in [-0.39, 0.29) is 5.56 Å². The Balaban J connectivity index is 2.14. The van der Waals surface area contributed by atoms with Crippen LogP contribution in [0, 0.1) is 11.7 Å². The molecule has 4 nitrogen and oxygen atoms in total. The second kappa shape index (κ2) is 5.65. The molecule has 2 unspecified atom stereocenters. The predicted octanol–water partition coefficient (Wildman–Crippen LogP) is 1.86. The summed E-state index contributed by atoms with van der Waals surface area (Å²) >= 11 is 0. The van der Waals surface area contributed by atoms with Crippen LogP contribution in [-0.2, 0) is 0 Å². The summed E-state index contributed by atoms with van der Waals surface area (Å²) in [5.74, 6) is -0.477. The molecule has 1 aliphatic rings. The second-order valence-corrected chi connectivity index (χ2v) is 5.50. The van der Waals surface area contributed by atoms with Gasteiger partial charge in [0.25, 0.3) is 5.91 Å². The zero-order chi connectivity index (χ0) is 13.9. The summed E-state index contributed by atoms with van der Waals surface area (Å²) in [4.78, 5) is 15.8. The first-order valence-electron chi connectivity index (χ1n) is 6.68. The summed E-state index contributed by atoms with van der Waals surface area (Å²) in [6.45, 7) is 2.54. The van der Waals surface area contributed by atoms with Gasteiger partial charge in [-0.1, -0.05) is 19.8 Å². The van der Waals surface area contributed by atoms with Gasteiger partial charge in [-0.25, -0.2) is 4.39 Å². The van der Waals surface area contributed by atoms with Crippen LogP contribution in [0.15, 0.2) is 18.5 Å².